The van der Waals surface area contributed by atoms with Crippen LogP contribution in [0.1, 0.15) is 18.4 Å². The molecule has 5 heteroatoms. The monoisotopic (exact) mass is 340 g/mol. The van der Waals surface area contributed by atoms with Gasteiger partial charge in [0.15, 0.2) is 0 Å². The Labute approximate surface area is 147 Å². The van der Waals surface area contributed by atoms with Crippen LogP contribution in [-0.2, 0) is 11.3 Å². The van der Waals surface area contributed by atoms with Crippen molar-refractivity contribution in [1.82, 2.24) is 9.88 Å². The number of aliphatic hydroxyl groups excluding tert-OH is 1. The number of fused-ring (bicyclic) bond motifs is 1. The molecular formula is C20H24N2O3. The van der Waals surface area contributed by atoms with Crippen LogP contribution >= 0.6 is 0 Å². The highest BCUT2D eigenvalue weighted by Gasteiger charge is 2.39. The summed E-state index contributed by atoms with van der Waals surface area (Å²) in [7, 11) is 0. The molecule has 25 heavy (non-hydrogen) atoms. The van der Waals surface area contributed by atoms with Gasteiger partial charge in [0.25, 0.3) is 6.47 Å². The number of hydrogen-bond donors (Lipinski definition) is 2. The number of carbonyl (C=O) groups is 1. The topological polar surface area (TPSA) is 73.7 Å². The van der Waals surface area contributed by atoms with Crippen LogP contribution in [0.25, 0.3) is 11.1 Å². The Balaban J connectivity index is 0.000000569. The highest BCUT2D eigenvalue weighted by Crippen LogP contribution is 2.38. The molecule has 2 aromatic rings. The zero-order valence-electron chi connectivity index (χ0n) is 14.2. The molecule has 3 atom stereocenters. The maximum atomic E-state index is 9.73. The van der Waals surface area contributed by atoms with Crippen molar-refractivity contribution in [2.75, 3.05) is 13.1 Å². The van der Waals surface area contributed by atoms with Crippen LogP contribution in [-0.4, -0.2) is 45.8 Å². The Morgan fingerprint density at radius 2 is 1.72 bits per heavy atom. The molecule has 2 aliphatic rings. The van der Waals surface area contributed by atoms with Crippen molar-refractivity contribution in [2.24, 2.45) is 11.8 Å². The summed E-state index contributed by atoms with van der Waals surface area (Å²) < 4.78 is 0. The van der Waals surface area contributed by atoms with E-state index >= 15 is 0 Å². The molecular weight excluding hydrogens is 316 g/mol. The van der Waals surface area contributed by atoms with Gasteiger partial charge in [-0.05, 0) is 47.4 Å². The van der Waals surface area contributed by atoms with Gasteiger partial charge in [0.1, 0.15) is 0 Å². The van der Waals surface area contributed by atoms with Crippen LogP contribution in [0.4, 0.5) is 0 Å². The number of carboxylic acid groups (broad SMARTS) is 1. The summed E-state index contributed by atoms with van der Waals surface area (Å²) in [4.78, 5) is 15.1. The molecule has 0 bridgehead atoms. The van der Waals surface area contributed by atoms with E-state index in [0.717, 1.165) is 32.5 Å². The standard InChI is InChI=1S/C19H22N2O.CH2O2/c22-19-8-17-12-21(13-18(17)9-19)11-14-3-5-15(6-4-14)16-2-1-7-20-10-16;2-1-3/h1-7,10,17-19,22H,8-9,11-13H2;1H,(H,2,3)/t17-,18+,19?;. The second kappa shape index (κ2) is 8.23. The van der Waals surface area contributed by atoms with Gasteiger partial charge in [-0.25, -0.2) is 0 Å². The summed E-state index contributed by atoms with van der Waals surface area (Å²) in [6, 6.07) is 12.9. The molecule has 1 saturated carbocycles. The minimum atomic E-state index is -0.250. The SMILES string of the molecule is O=CO.OC1C[C@@H]2CN(Cc3ccc(-c4cccnc4)cc3)C[C@@H]2C1. The van der Waals surface area contributed by atoms with Gasteiger partial charge in [-0.2, -0.15) is 0 Å². The molecule has 1 aliphatic heterocycles. The number of rotatable bonds is 3. The maximum absolute atomic E-state index is 9.73. The molecule has 0 spiro atoms. The van der Waals surface area contributed by atoms with E-state index in [-0.39, 0.29) is 12.6 Å². The van der Waals surface area contributed by atoms with E-state index in [0.29, 0.717) is 11.8 Å². The Morgan fingerprint density at radius 1 is 1.08 bits per heavy atom. The summed E-state index contributed by atoms with van der Waals surface area (Å²) in [5.41, 5.74) is 3.75. The zero-order valence-corrected chi connectivity index (χ0v) is 14.2. The number of benzene rings is 1. The third-order valence-corrected chi connectivity index (χ3v) is 5.16. The molecule has 4 rings (SSSR count). The minimum absolute atomic E-state index is 0.0454. The number of nitrogens with zero attached hydrogens (tertiary/aromatic N) is 2. The molecule has 1 saturated heterocycles. The quantitative estimate of drug-likeness (QED) is 0.841. The van der Waals surface area contributed by atoms with E-state index < -0.39 is 0 Å². The van der Waals surface area contributed by atoms with Crippen LogP contribution in [0.5, 0.6) is 0 Å². The van der Waals surface area contributed by atoms with Gasteiger partial charge in [-0.15, -0.1) is 0 Å². The van der Waals surface area contributed by atoms with Crippen LogP contribution in [0.2, 0.25) is 0 Å². The first-order valence-corrected chi connectivity index (χ1v) is 8.67. The van der Waals surface area contributed by atoms with Crippen molar-refractivity contribution in [3.05, 3.63) is 54.4 Å². The number of aliphatic hydroxyl groups is 1. The smallest absolute Gasteiger partial charge is 0.290 e. The lowest BCUT2D eigenvalue weighted by molar-refractivity contribution is -0.122. The molecule has 0 radical (unpaired) electrons. The second-order valence-electron chi connectivity index (χ2n) is 6.88. The summed E-state index contributed by atoms with van der Waals surface area (Å²) in [5.74, 6) is 1.43. The molecule has 1 aromatic heterocycles. The van der Waals surface area contributed by atoms with E-state index in [4.69, 9.17) is 9.90 Å². The number of likely N-dealkylation sites (tertiary alicyclic amines) is 1. The molecule has 2 N–H and O–H groups in total. The summed E-state index contributed by atoms with van der Waals surface area (Å²) >= 11 is 0. The maximum Gasteiger partial charge on any atom is 0.290 e. The van der Waals surface area contributed by atoms with E-state index in [1.165, 1.54) is 16.7 Å². The summed E-state index contributed by atoms with van der Waals surface area (Å²) in [5, 5.41) is 16.6. The fraction of sp³-hybridized carbons (Fsp3) is 0.400. The summed E-state index contributed by atoms with van der Waals surface area (Å²) in [6.45, 7) is 3.06. The Hall–Kier alpha value is -2.24. The molecule has 1 aliphatic carbocycles. The molecule has 2 fully saturated rings. The predicted octanol–water partition coefficient (Wildman–Crippen LogP) is 2.65. The molecule has 0 amide bonds. The lowest BCUT2D eigenvalue weighted by Crippen LogP contribution is -2.22. The van der Waals surface area contributed by atoms with Crippen LogP contribution in [0.3, 0.4) is 0 Å². The van der Waals surface area contributed by atoms with Crippen LogP contribution < -0.4 is 0 Å². The van der Waals surface area contributed by atoms with Gasteiger partial charge < -0.3 is 10.2 Å². The first kappa shape index (κ1) is 17.6. The van der Waals surface area contributed by atoms with Gasteiger partial charge in [0.05, 0.1) is 6.10 Å². The van der Waals surface area contributed by atoms with Crippen molar-refractivity contribution < 1.29 is 15.0 Å². The van der Waals surface area contributed by atoms with Gasteiger partial charge in [-0.3, -0.25) is 14.7 Å². The Bertz CT molecular complexity index is 661. The van der Waals surface area contributed by atoms with E-state index in [2.05, 4.69) is 40.2 Å². The van der Waals surface area contributed by atoms with Crippen molar-refractivity contribution in [1.29, 1.82) is 0 Å². The van der Waals surface area contributed by atoms with Crippen molar-refractivity contribution in [3.8, 4) is 11.1 Å². The fourth-order valence-corrected chi connectivity index (χ4v) is 4.09. The Kier molecular flexibility index (Phi) is 5.79. The minimum Gasteiger partial charge on any atom is -0.483 e. The highest BCUT2D eigenvalue weighted by molar-refractivity contribution is 5.62. The van der Waals surface area contributed by atoms with E-state index in [9.17, 15) is 5.11 Å². The average Bonchev–Trinajstić information content (AvgIpc) is 3.13. The van der Waals surface area contributed by atoms with Gasteiger partial charge in [-0.1, -0.05) is 30.3 Å². The van der Waals surface area contributed by atoms with Crippen LogP contribution in [0.15, 0.2) is 48.8 Å². The lowest BCUT2D eigenvalue weighted by Gasteiger charge is -2.17. The van der Waals surface area contributed by atoms with Crippen LogP contribution in [0, 0.1) is 11.8 Å². The first-order chi connectivity index (χ1) is 12.2. The second-order valence-corrected chi connectivity index (χ2v) is 6.88. The molecule has 5 nitrogen and oxygen atoms in total. The average molecular weight is 340 g/mol. The third-order valence-electron chi connectivity index (χ3n) is 5.16. The normalized spacial score (nSPS) is 25.1. The Morgan fingerprint density at radius 3 is 2.28 bits per heavy atom. The van der Waals surface area contributed by atoms with E-state index in [1.807, 2.05) is 12.3 Å². The zero-order chi connectivity index (χ0) is 17.6. The molecule has 2 heterocycles. The number of pyridine rings is 1. The van der Waals surface area contributed by atoms with Crippen molar-refractivity contribution in [3.63, 3.8) is 0 Å². The van der Waals surface area contributed by atoms with Crippen molar-refractivity contribution in [2.45, 2.75) is 25.5 Å². The first-order valence-electron chi connectivity index (χ1n) is 8.67. The predicted molar refractivity (Wildman–Crippen MR) is 95.9 cm³/mol. The highest BCUT2D eigenvalue weighted by atomic mass is 16.3. The molecule has 1 aromatic carbocycles. The van der Waals surface area contributed by atoms with Gasteiger partial charge >= 0.3 is 0 Å². The number of aromatic nitrogens is 1. The molecule has 132 valence electrons. The molecule has 1 unspecified atom stereocenters. The lowest BCUT2D eigenvalue weighted by atomic mass is 10.0. The van der Waals surface area contributed by atoms with E-state index in [1.54, 1.807) is 6.20 Å². The van der Waals surface area contributed by atoms with Gasteiger partial charge in [0.2, 0.25) is 0 Å². The number of hydrogen-bond acceptors (Lipinski definition) is 4. The van der Waals surface area contributed by atoms with Crippen molar-refractivity contribution >= 4 is 6.47 Å². The summed E-state index contributed by atoms with van der Waals surface area (Å²) in [6.07, 6.45) is 5.67. The fourth-order valence-electron chi connectivity index (χ4n) is 4.09. The largest absolute Gasteiger partial charge is 0.483 e. The third kappa shape index (κ3) is 4.44. The van der Waals surface area contributed by atoms with Gasteiger partial charge in [0, 0.05) is 32.0 Å².